The van der Waals surface area contributed by atoms with Crippen molar-refractivity contribution in [2.24, 2.45) is 0 Å². The zero-order valence-electron chi connectivity index (χ0n) is 29.8. The summed E-state index contributed by atoms with van der Waals surface area (Å²) in [5.41, 5.74) is 0.603. The number of phenolic OH excluding ortho intramolecular Hbond substituents is 2. The number of amides is 2. The number of hydrogen-bond donors (Lipinski definition) is 5. The third-order valence-electron chi connectivity index (χ3n) is 6.98. The topological polar surface area (TPSA) is 199 Å². The van der Waals surface area contributed by atoms with Gasteiger partial charge in [-0.1, -0.05) is 88.5 Å². The molecule has 0 radical (unpaired) electrons. The van der Waals surface area contributed by atoms with Gasteiger partial charge in [0.15, 0.2) is 0 Å². The molecule has 0 saturated carbocycles. The van der Waals surface area contributed by atoms with Gasteiger partial charge in [0.2, 0.25) is 0 Å². The van der Waals surface area contributed by atoms with Crippen LogP contribution in [0.1, 0.15) is 130 Å². The summed E-state index contributed by atoms with van der Waals surface area (Å²) in [6.07, 6.45) is 13.8. The van der Waals surface area contributed by atoms with Gasteiger partial charge in [-0.25, -0.2) is 0 Å². The van der Waals surface area contributed by atoms with Crippen LogP contribution in [0.4, 0.5) is 0 Å². The largest absolute Gasteiger partial charge is 1.00 e. The van der Waals surface area contributed by atoms with Crippen LogP contribution < -0.4 is 80.0 Å². The number of aromatic hydroxyl groups is 2. The molecule has 0 heterocycles. The van der Waals surface area contributed by atoms with E-state index in [1.807, 2.05) is 0 Å². The normalized spacial score (nSPS) is 9.67. The predicted octanol–water partition coefficient (Wildman–Crippen LogP) is -2.01. The molecule has 0 aliphatic rings. The Morgan fingerprint density at radius 3 is 1.08 bits per heavy atom. The van der Waals surface area contributed by atoms with Crippen LogP contribution >= 0.6 is 0 Å². The fourth-order valence-electron chi connectivity index (χ4n) is 4.48. The number of aliphatic hydroxyl groups is 1. The maximum absolute atomic E-state index is 11.8. The number of carboxylic acids is 2. The Kier molecular flexibility index (Phi) is 37.3. The van der Waals surface area contributed by atoms with Crippen molar-refractivity contribution in [1.29, 1.82) is 0 Å². The summed E-state index contributed by atoms with van der Waals surface area (Å²) in [6, 6.07) is 13.0. The Morgan fingerprint density at radius 1 is 0.531 bits per heavy atom. The zero-order chi connectivity index (χ0) is 35.1. The summed E-state index contributed by atoms with van der Waals surface area (Å²) in [7, 11) is 0. The first-order chi connectivity index (χ1) is 22.6. The maximum atomic E-state index is 11.8. The third kappa shape index (κ3) is 30.4. The molecule has 5 N–H and O–H groups in total. The number of para-hydroxylation sites is 2. The molecule has 0 spiro atoms. The average molecular weight is 705 g/mol. The van der Waals surface area contributed by atoms with Crippen molar-refractivity contribution in [3.63, 3.8) is 0 Å². The van der Waals surface area contributed by atoms with Gasteiger partial charge in [0, 0.05) is 31.6 Å². The summed E-state index contributed by atoms with van der Waals surface area (Å²) in [6.45, 7) is 3.12. The average Bonchev–Trinajstić information content (AvgIpc) is 3.03. The van der Waals surface area contributed by atoms with Crippen LogP contribution in [0.25, 0.3) is 0 Å². The van der Waals surface area contributed by atoms with Gasteiger partial charge in [-0.2, -0.15) is 0 Å². The molecule has 0 atom stereocenters. The molecule has 2 amide bonds. The minimum atomic E-state index is -0.972. The SMILES string of the molecule is CCO.O=C([O-])CCCCCCCCCNC(=O)c1ccccc1O.O=C([O-])CCCCCCCCCNC(=O)c1ccccc1O.[Na+].[Na+]. The molecule has 13 heteroatoms. The number of benzene rings is 2. The van der Waals surface area contributed by atoms with Crippen LogP contribution in [-0.4, -0.2) is 58.8 Å². The van der Waals surface area contributed by atoms with E-state index in [-0.39, 0.29) is 102 Å². The van der Waals surface area contributed by atoms with Crippen molar-refractivity contribution in [2.75, 3.05) is 19.7 Å². The number of hydrogen-bond acceptors (Lipinski definition) is 9. The van der Waals surface area contributed by atoms with Gasteiger partial charge < -0.3 is 45.8 Å². The Bertz CT molecular complexity index is 1070. The Hall–Kier alpha value is -2.12. The van der Waals surface area contributed by atoms with E-state index in [0.717, 1.165) is 77.0 Å². The van der Waals surface area contributed by atoms with Crippen molar-refractivity contribution in [2.45, 2.75) is 110 Å². The molecule has 0 saturated heterocycles. The fraction of sp³-hybridized carbons (Fsp3) is 0.556. The first-order valence-corrected chi connectivity index (χ1v) is 16.8. The van der Waals surface area contributed by atoms with Crippen molar-refractivity contribution >= 4 is 23.8 Å². The monoisotopic (exact) mass is 704 g/mol. The van der Waals surface area contributed by atoms with Gasteiger partial charge in [0.25, 0.3) is 11.8 Å². The molecule has 2 rings (SSSR count). The van der Waals surface area contributed by atoms with Crippen molar-refractivity contribution in [1.82, 2.24) is 10.6 Å². The second kappa shape index (κ2) is 35.7. The molecule has 264 valence electrons. The summed E-state index contributed by atoms with van der Waals surface area (Å²) < 4.78 is 0. The molecular formula is C36H54N2Na2O9. The smallest absolute Gasteiger partial charge is 0.550 e. The van der Waals surface area contributed by atoms with E-state index in [1.165, 1.54) is 12.1 Å². The number of rotatable bonds is 22. The fourth-order valence-corrected chi connectivity index (χ4v) is 4.48. The zero-order valence-corrected chi connectivity index (χ0v) is 33.8. The van der Waals surface area contributed by atoms with Gasteiger partial charge in [-0.15, -0.1) is 0 Å². The van der Waals surface area contributed by atoms with Crippen LogP contribution in [0.15, 0.2) is 48.5 Å². The summed E-state index contributed by atoms with van der Waals surface area (Å²) >= 11 is 0. The van der Waals surface area contributed by atoms with Gasteiger partial charge >= 0.3 is 59.1 Å². The van der Waals surface area contributed by atoms with E-state index in [9.17, 15) is 39.6 Å². The number of carboxylic acid groups (broad SMARTS) is 2. The summed E-state index contributed by atoms with van der Waals surface area (Å²) in [5.74, 6) is -2.45. The minimum absolute atomic E-state index is 0. The quantitative estimate of drug-likeness (QED) is 0.0679. The molecule has 0 unspecified atom stereocenters. The van der Waals surface area contributed by atoms with E-state index in [0.29, 0.717) is 37.1 Å². The molecule has 0 aromatic heterocycles. The molecular weight excluding hydrogens is 650 g/mol. The van der Waals surface area contributed by atoms with E-state index >= 15 is 0 Å². The molecule has 2 aromatic rings. The van der Waals surface area contributed by atoms with Gasteiger partial charge in [-0.3, -0.25) is 9.59 Å². The molecule has 0 aliphatic heterocycles. The number of unbranched alkanes of at least 4 members (excludes halogenated alkanes) is 12. The predicted molar refractivity (Wildman–Crippen MR) is 178 cm³/mol. The number of carbonyl (C=O) groups is 4. The van der Waals surface area contributed by atoms with Crippen molar-refractivity contribution < 1.29 is 104 Å². The van der Waals surface area contributed by atoms with E-state index < -0.39 is 11.9 Å². The van der Waals surface area contributed by atoms with E-state index in [1.54, 1.807) is 43.3 Å². The van der Waals surface area contributed by atoms with Gasteiger partial charge in [0.05, 0.1) is 11.1 Å². The van der Waals surface area contributed by atoms with Crippen LogP contribution in [0, 0.1) is 0 Å². The summed E-state index contributed by atoms with van der Waals surface area (Å²) in [5, 5.41) is 52.7. The second-order valence-corrected chi connectivity index (χ2v) is 11.1. The van der Waals surface area contributed by atoms with E-state index in [4.69, 9.17) is 5.11 Å². The molecule has 0 bridgehead atoms. The number of carbonyl (C=O) groups excluding carboxylic acids is 4. The number of aliphatic carboxylic acids is 2. The maximum Gasteiger partial charge on any atom is 1.00 e. The molecule has 0 fully saturated rings. The first kappa shape index (κ1) is 51.3. The van der Waals surface area contributed by atoms with E-state index in [2.05, 4.69) is 10.6 Å². The molecule has 2 aromatic carbocycles. The molecule has 0 aliphatic carbocycles. The summed E-state index contributed by atoms with van der Waals surface area (Å²) in [4.78, 5) is 44.1. The second-order valence-electron chi connectivity index (χ2n) is 11.1. The standard InChI is InChI=1S/2C17H25NO4.C2H6O.2Na/c2*19-15-11-8-7-10-14(15)17(22)18-13-9-5-3-1-2-4-6-12-16(20)21;1-2-3;;/h2*7-8,10-11,19H,1-6,9,12-13H2,(H,18,22)(H,20,21);3H,2H2,1H3;;/q;;;2*+1/p-2. The Morgan fingerprint density at radius 2 is 0.796 bits per heavy atom. The molecule has 49 heavy (non-hydrogen) atoms. The number of aliphatic hydroxyl groups excluding tert-OH is 1. The van der Waals surface area contributed by atoms with Gasteiger partial charge in [-0.05, 0) is 69.7 Å². The Labute approximate surface area is 336 Å². The third-order valence-corrected chi connectivity index (χ3v) is 6.98. The van der Waals surface area contributed by atoms with Gasteiger partial charge in [0.1, 0.15) is 11.5 Å². The van der Waals surface area contributed by atoms with Crippen LogP contribution in [0.2, 0.25) is 0 Å². The van der Waals surface area contributed by atoms with Crippen molar-refractivity contribution in [3.05, 3.63) is 59.7 Å². The van der Waals surface area contributed by atoms with Crippen LogP contribution in [0.3, 0.4) is 0 Å². The number of nitrogens with one attached hydrogen (secondary N) is 2. The van der Waals surface area contributed by atoms with Crippen LogP contribution in [0.5, 0.6) is 11.5 Å². The Balaban J connectivity index is -0.000000770. The molecule has 11 nitrogen and oxygen atoms in total. The van der Waals surface area contributed by atoms with Crippen molar-refractivity contribution in [3.8, 4) is 11.5 Å². The first-order valence-electron chi connectivity index (χ1n) is 16.8. The van der Waals surface area contributed by atoms with Crippen LogP contribution in [-0.2, 0) is 9.59 Å². The minimum Gasteiger partial charge on any atom is -0.550 e. The number of phenols is 2.